The van der Waals surface area contributed by atoms with Gasteiger partial charge in [-0.1, -0.05) is 32.0 Å². The number of imidazole rings is 1. The number of piperidine rings is 1. The summed E-state index contributed by atoms with van der Waals surface area (Å²) in [6, 6.07) is 7.87. The number of nitrogens with one attached hydrogen (secondary N) is 1. The molecule has 29 heavy (non-hydrogen) atoms. The number of carbonyl (C=O) groups is 2. The Morgan fingerprint density at radius 3 is 2.48 bits per heavy atom. The van der Waals surface area contributed by atoms with Crippen LogP contribution >= 0.6 is 0 Å². The molecule has 0 atom stereocenters. The van der Waals surface area contributed by atoms with Gasteiger partial charge in [0.05, 0.1) is 5.69 Å². The van der Waals surface area contributed by atoms with Crippen molar-refractivity contribution in [2.24, 2.45) is 0 Å². The van der Waals surface area contributed by atoms with Crippen molar-refractivity contribution in [1.82, 2.24) is 14.5 Å². The van der Waals surface area contributed by atoms with Crippen molar-refractivity contribution < 1.29 is 9.59 Å². The molecule has 2 aliphatic heterocycles. The molecule has 0 radical (unpaired) electrons. The second kappa shape index (κ2) is 8.39. The fraction of sp³-hybridized carbons (Fsp3) is 0.522. The lowest BCUT2D eigenvalue weighted by Gasteiger charge is -2.27. The molecule has 6 nitrogen and oxygen atoms in total. The average molecular weight is 395 g/mol. The summed E-state index contributed by atoms with van der Waals surface area (Å²) in [7, 11) is 0. The Kier molecular flexibility index (Phi) is 5.69. The Balaban J connectivity index is 1.65. The third kappa shape index (κ3) is 3.93. The Bertz CT molecular complexity index is 910. The van der Waals surface area contributed by atoms with E-state index >= 15 is 0 Å². The number of likely N-dealkylation sites (tertiary alicyclic amines) is 1. The first-order valence-electron chi connectivity index (χ1n) is 10.8. The zero-order valence-electron chi connectivity index (χ0n) is 17.4. The quantitative estimate of drug-likeness (QED) is 0.844. The molecule has 6 heteroatoms. The monoisotopic (exact) mass is 394 g/mol. The zero-order chi connectivity index (χ0) is 20.4. The van der Waals surface area contributed by atoms with Gasteiger partial charge in [0.15, 0.2) is 11.5 Å². The van der Waals surface area contributed by atoms with E-state index in [9.17, 15) is 9.59 Å². The highest BCUT2D eigenvalue weighted by molar-refractivity contribution is 6.05. The van der Waals surface area contributed by atoms with Crippen molar-refractivity contribution in [1.29, 1.82) is 0 Å². The van der Waals surface area contributed by atoms with E-state index in [1.165, 1.54) is 6.42 Å². The minimum Gasteiger partial charge on any atom is -0.336 e. The summed E-state index contributed by atoms with van der Waals surface area (Å²) in [6.45, 7) is 6.54. The van der Waals surface area contributed by atoms with Crippen LogP contribution in [0.25, 0.3) is 0 Å². The van der Waals surface area contributed by atoms with E-state index in [1.54, 1.807) is 0 Å². The van der Waals surface area contributed by atoms with Crippen LogP contribution in [0.4, 0.5) is 5.69 Å². The molecule has 2 aromatic rings. The molecular weight excluding hydrogens is 364 g/mol. The lowest BCUT2D eigenvalue weighted by molar-refractivity contribution is 0.0705. The highest BCUT2D eigenvalue weighted by Crippen LogP contribution is 2.27. The second-order valence-electron chi connectivity index (χ2n) is 8.39. The largest absolute Gasteiger partial charge is 0.336 e. The second-order valence-corrected chi connectivity index (χ2v) is 8.39. The minimum absolute atomic E-state index is 0.0329. The van der Waals surface area contributed by atoms with Gasteiger partial charge >= 0.3 is 0 Å². The van der Waals surface area contributed by atoms with E-state index in [2.05, 4.69) is 24.1 Å². The molecule has 4 rings (SSSR count). The minimum atomic E-state index is -0.221. The number of benzene rings is 1. The number of hydrogen-bond acceptors (Lipinski definition) is 3. The van der Waals surface area contributed by atoms with E-state index in [0.29, 0.717) is 17.4 Å². The highest BCUT2D eigenvalue weighted by atomic mass is 16.2. The summed E-state index contributed by atoms with van der Waals surface area (Å²) < 4.78 is 1.99. The molecule has 0 saturated carbocycles. The van der Waals surface area contributed by atoms with Crippen LogP contribution < -0.4 is 5.32 Å². The third-order valence-electron chi connectivity index (χ3n) is 6.00. The first-order valence-corrected chi connectivity index (χ1v) is 10.8. The molecule has 0 unspecified atom stereocenters. The van der Waals surface area contributed by atoms with Crippen LogP contribution in [0.3, 0.4) is 0 Å². The van der Waals surface area contributed by atoms with Gasteiger partial charge in [-0.25, -0.2) is 4.98 Å². The van der Waals surface area contributed by atoms with Crippen LogP contribution in [-0.2, 0) is 13.0 Å². The predicted molar refractivity (Wildman–Crippen MR) is 113 cm³/mol. The zero-order valence-corrected chi connectivity index (χ0v) is 17.4. The van der Waals surface area contributed by atoms with Crippen molar-refractivity contribution in [2.45, 2.75) is 64.8 Å². The molecule has 1 aromatic carbocycles. The molecule has 0 spiro atoms. The van der Waals surface area contributed by atoms with Gasteiger partial charge in [-0.2, -0.15) is 0 Å². The number of hydrogen-bond donors (Lipinski definition) is 1. The molecule has 1 aromatic heterocycles. The standard InChI is InChI=1S/C23H30N4O2/c1-16(2)17-10-4-5-11-18(17)24-22(28)20-19-12-6-9-15-27(19)21(25-20)23(29)26-13-7-3-8-14-26/h4-5,10-11,16H,3,6-9,12-15H2,1-2H3,(H,24,28). The number of fused-ring (bicyclic) bond motifs is 1. The maximum Gasteiger partial charge on any atom is 0.289 e. The Hall–Kier alpha value is -2.63. The van der Waals surface area contributed by atoms with Gasteiger partial charge in [0, 0.05) is 25.3 Å². The van der Waals surface area contributed by atoms with Crippen molar-refractivity contribution in [2.75, 3.05) is 18.4 Å². The van der Waals surface area contributed by atoms with E-state index < -0.39 is 0 Å². The molecule has 154 valence electrons. The van der Waals surface area contributed by atoms with Gasteiger partial charge in [-0.15, -0.1) is 0 Å². The molecule has 1 fully saturated rings. The average Bonchev–Trinajstić information content (AvgIpc) is 3.14. The van der Waals surface area contributed by atoms with Gasteiger partial charge in [0.2, 0.25) is 0 Å². The number of carbonyl (C=O) groups excluding carboxylic acids is 2. The SMILES string of the molecule is CC(C)c1ccccc1NC(=O)c1nc(C(=O)N2CCCCC2)n2c1CCCC2. The lowest BCUT2D eigenvalue weighted by Crippen LogP contribution is -2.37. The van der Waals surface area contributed by atoms with Crippen LogP contribution in [0.2, 0.25) is 0 Å². The summed E-state index contributed by atoms with van der Waals surface area (Å²) in [5.41, 5.74) is 3.22. The van der Waals surface area contributed by atoms with Crippen molar-refractivity contribution in [3.63, 3.8) is 0 Å². The van der Waals surface area contributed by atoms with Crippen LogP contribution in [-0.4, -0.2) is 39.4 Å². The third-order valence-corrected chi connectivity index (χ3v) is 6.00. The number of amides is 2. The molecular formula is C23H30N4O2. The molecule has 1 N–H and O–H groups in total. The van der Waals surface area contributed by atoms with Gasteiger partial charge in [0.25, 0.3) is 11.8 Å². The molecule has 2 amide bonds. The van der Waals surface area contributed by atoms with Gasteiger partial charge < -0.3 is 14.8 Å². The predicted octanol–water partition coefficient (Wildman–Crippen LogP) is 4.22. The molecule has 1 saturated heterocycles. The van der Waals surface area contributed by atoms with Crippen molar-refractivity contribution in [3.05, 3.63) is 47.0 Å². The van der Waals surface area contributed by atoms with E-state index in [4.69, 9.17) is 0 Å². The van der Waals surface area contributed by atoms with Gasteiger partial charge in [0.1, 0.15) is 0 Å². The first kappa shape index (κ1) is 19.7. The first-order chi connectivity index (χ1) is 14.1. The summed E-state index contributed by atoms with van der Waals surface area (Å²) in [4.78, 5) is 32.8. The van der Waals surface area contributed by atoms with Crippen LogP contribution in [0, 0.1) is 0 Å². The Morgan fingerprint density at radius 2 is 1.72 bits per heavy atom. The number of para-hydroxylation sites is 1. The Labute approximate surface area is 172 Å². The van der Waals surface area contributed by atoms with Gasteiger partial charge in [-0.3, -0.25) is 9.59 Å². The van der Waals surface area contributed by atoms with Gasteiger partial charge in [-0.05, 0) is 56.1 Å². The summed E-state index contributed by atoms with van der Waals surface area (Å²) in [6.07, 6.45) is 6.07. The maximum atomic E-state index is 13.2. The fourth-order valence-electron chi connectivity index (χ4n) is 4.42. The molecule has 0 bridgehead atoms. The van der Waals surface area contributed by atoms with Crippen molar-refractivity contribution >= 4 is 17.5 Å². The van der Waals surface area contributed by atoms with E-state index in [0.717, 1.165) is 68.7 Å². The van der Waals surface area contributed by atoms with Crippen LogP contribution in [0.15, 0.2) is 24.3 Å². The van der Waals surface area contributed by atoms with Crippen LogP contribution in [0.5, 0.6) is 0 Å². The number of anilines is 1. The lowest BCUT2D eigenvalue weighted by atomic mass is 10.0. The maximum absolute atomic E-state index is 13.2. The number of aromatic nitrogens is 2. The van der Waals surface area contributed by atoms with E-state index in [-0.39, 0.29) is 11.8 Å². The summed E-state index contributed by atoms with van der Waals surface area (Å²) in [5, 5.41) is 3.05. The fourth-order valence-corrected chi connectivity index (χ4v) is 4.42. The van der Waals surface area contributed by atoms with E-state index in [1.807, 2.05) is 33.7 Å². The number of nitrogens with zero attached hydrogens (tertiary/aromatic N) is 3. The molecule has 3 heterocycles. The number of rotatable bonds is 4. The van der Waals surface area contributed by atoms with Crippen LogP contribution in [0.1, 0.15) is 84.2 Å². The highest BCUT2D eigenvalue weighted by Gasteiger charge is 2.30. The molecule has 2 aliphatic rings. The van der Waals surface area contributed by atoms with Crippen molar-refractivity contribution in [3.8, 4) is 0 Å². The Morgan fingerprint density at radius 1 is 1.00 bits per heavy atom. The molecule has 0 aliphatic carbocycles. The smallest absolute Gasteiger partial charge is 0.289 e. The normalized spacial score (nSPS) is 16.6. The summed E-state index contributed by atoms with van der Waals surface area (Å²) >= 11 is 0. The summed E-state index contributed by atoms with van der Waals surface area (Å²) in [5.74, 6) is 0.485. The topological polar surface area (TPSA) is 67.2 Å².